The fraction of sp³-hybridized carbons (Fsp3) is 0.667. The maximum absolute atomic E-state index is 10.3. The van der Waals surface area contributed by atoms with E-state index in [-0.39, 0.29) is 4.68 Å². The van der Waals surface area contributed by atoms with Crippen molar-refractivity contribution in [2.24, 2.45) is 5.73 Å². The van der Waals surface area contributed by atoms with Crippen LogP contribution in [0.15, 0.2) is 0 Å². The molecule has 0 aliphatic heterocycles. The van der Waals surface area contributed by atoms with E-state index in [4.69, 9.17) is 1.41 Å². The molecule has 4 heteroatoms. The zero-order valence-electron chi connectivity index (χ0n) is 4.55. The Morgan fingerprint density at radius 3 is 2.86 bits per heavy atom. The summed E-state index contributed by atoms with van der Waals surface area (Å²) in [5, 5.41) is 0. The molecule has 0 spiro atoms. The summed E-state index contributed by atoms with van der Waals surface area (Å²) in [6.45, 7) is 0. The van der Waals surface area contributed by atoms with Crippen molar-refractivity contribution in [3.05, 3.63) is 0 Å². The second kappa shape index (κ2) is 3.50. The Hall–Kier alpha value is 0.499. The van der Waals surface area contributed by atoms with Crippen molar-refractivity contribution in [2.45, 2.75) is 6.04 Å². The van der Waals surface area contributed by atoms with Gasteiger partial charge in [-0.2, -0.15) is 0 Å². The van der Waals surface area contributed by atoms with E-state index in [0.29, 0.717) is 5.75 Å². The second-order valence-corrected chi connectivity index (χ2v) is 2.26. The van der Waals surface area contributed by atoms with Crippen LogP contribution < -0.4 is 5.73 Å². The molecule has 2 nitrogen and oxygen atoms in total. The van der Waals surface area contributed by atoms with Crippen molar-refractivity contribution >= 4 is 33.3 Å². The van der Waals surface area contributed by atoms with Gasteiger partial charge in [-0.05, 0) is 0 Å². The van der Waals surface area contributed by atoms with Gasteiger partial charge in [-0.25, -0.2) is 0 Å². The van der Waals surface area contributed by atoms with Crippen LogP contribution in [0.4, 0.5) is 0 Å². The van der Waals surface area contributed by atoms with E-state index in [0.717, 1.165) is 0 Å². The van der Waals surface area contributed by atoms with Crippen LogP contribution in [0.5, 0.6) is 0 Å². The molecule has 0 unspecified atom stereocenters. The summed E-state index contributed by atoms with van der Waals surface area (Å²) in [6.07, 6.45) is 0. The van der Waals surface area contributed by atoms with Crippen LogP contribution in [0.1, 0.15) is 0 Å². The van der Waals surface area contributed by atoms with Gasteiger partial charge in [0.05, 0.1) is 0 Å². The topological polar surface area (TPSA) is 43.1 Å². The first kappa shape index (κ1) is 5.63. The average molecular weight is 184 g/mol. The molecule has 0 aliphatic carbocycles. The summed E-state index contributed by atoms with van der Waals surface area (Å²) < 4.78 is 6.38. The van der Waals surface area contributed by atoms with Crippen LogP contribution in [0.2, 0.25) is 1.41 Å². The van der Waals surface area contributed by atoms with E-state index in [1.165, 1.54) is 0 Å². The molecular formula is C3H6NOSSe. The Labute approximate surface area is 57.5 Å². The first-order valence-electron chi connectivity index (χ1n) is 2.21. The summed E-state index contributed by atoms with van der Waals surface area (Å²) in [6, 6.07) is -0.460. The summed E-state index contributed by atoms with van der Waals surface area (Å²) >= 11 is 6.08. The van der Waals surface area contributed by atoms with Gasteiger partial charge in [0.2, 0.25) is 0 Å². The van der Waals surface area contributed by atoms with Crippen molar-refractivity contribution in [1.82, 2.24) is 0 Å². The fourth-order valence-electron chi connectivity index (χ4n) is 0.0745. The minimum atomic E-state index is -0.460. The van der Waals surface area contributed by atoms with Crippen molar-refractivity contribution < 1.29 is 6.21 Å². The van der Waals surface area contributed by atoms with E-state index >= 15 is 0 Å². The molecule has 0 aromatic rings. The van der Waals surface area contributed by atoms with Crippen molar-refractivity contribution in [2.75, 3.05) is 5.75 Å². The summed E-state index contributed by atoms with van der Waals surface area (Å²) in [5.41, 5.74) is 2.04. The normalized spacial score (nSPS) is 15.3. The second-order valence-electron chi connectivity index (χ2n) is 1.05. The quantitative estimate of drug-likeness (QED) is 0.433. The van der Waals surface area contributed by atoms with Gasteiger partial charge in [-0.15, -0.1) is 0 Å². The van der Waals surface area contributed by atoms with Gasteiger partial charge in [0.25, 0.3) is 0 Å². The zero-order valence-corrected chi connectivity index (χ0v) is 6.16. The molecule has 0 bridgehead atoms. The molecule has 0 heterocycles. The molecule has 0 saturated carbocycles. The Kier molecular flexibility index (Phi) is 2.81. The third-order valence-electron chi connectivity index (χ3n) is 0.467. The van der Waals surface area contributed by atoms with Crippen LogP contribution in [-0.4, -0.2) is 32.5 Å². The number of carbonyl (C=O) groups excluding carboxylic acids is 1. The van der Waals surface area contributed by atoms with Crippen molar-refractivity contribution in [1.29, 1.82) is 0 Å². The van der Waals surface area contributed by atoms with Crippen LogP contribution in [0.3, 0.4) is 0 Å². The molecule has 1 atom stereocenters. The molecular weight excluding hydrogens is 177 g/mol. The number of nitrogens with two attached hydrogens (primary N) is 1. The SMILES string of the molecule is [2H]N[C@@H](CS)C(=O)[Se]. The Morgan fingerprint density at radius 2 is 2.86 bits per heavy atom. The number of hydrogen-bond donors (Lipinski definition) is 2. The third-order valence-corrected chi connectivity index (χ3v) is 1.43. The Morgan fingerprint density at radius 1 is 2.29 bits per heavy atom. The Balaban J connectivity index is 3.52. The van der Waals surface area contributed by atoms with E-state index in [1.807, 2.05) is 5.73 Å². The van der Waals surface area contributed by atoms with Crippen LogP contribution >= 0.6 is 12.6 Å². The van der Waals surface area contributed by atoms with E-state index in [9.17, 15) is 4.79 Å². The number of carbonyl (C=O) groups is 1. The van der Waals surface area contributed by atoms with E-state index in [2.05, 4.69) is 28.6 Å². The molecule has 0 amide bonds. The fourth-order valence-corrected chi connectivity index (χ4v) is 0.693. The van der Waals surface area contributed by atoms with Gasteiger partial charge < -0.3 is 0 Å². The van der Waals surface area contributed by atoms with E-state index in [1.54, 1.807) is 0 Å². The average Bonchev–Trinajstić information content (AvgIpc) is 1.69. The molecule has 0 aromatic heterocycles. The summed E-state index contributed by atoms with van der Waals surface area (Å²) in [5.74, 6) is 0.356. The molecule has 7 heavy (non-hydrogen) atoms. The minimum absolute atomic E-state index is 0.171. The van der Waals surface area contributed by atoms with E-state index < -0.39 is 6.04 Å². The summed E-state index contributed by atoms with van der Waals surface area (Å²) in [7, 11) is 0. The van der Waals surface area contributed by atoms with Gasteiger partial charge in [-0.3, -0.25) is 0 Å². The number of thiol groups is 1. The monoisotopic (exact) mass is 185 g/mol. The number of rotatable bonds is 3. The molecule has 41 valence electrons. The molecule has 0 aliphatic rings. The van der Waals surface area contributed by atoms with Gasteiger partial charge in [0.15, 0.2) is 0 Å². The first-order valence-corrected chi connectivity index (χ1v) is 3.20. The van der Waals surface area contributed by atoms with Crippen LogP contribution in [0, 0.1) is 0 Å². The molecule has 1 radical (unpaired) electrons. The first-order chi connectivity index (χ1) is 3.72. The molecule has 0 rings (SSSR count). The molecule has 2 N–H and O–H groups in total. The van der Waals surface area contributed by atoms with Crippen LogP contribution in [-0.2, 0) is 4.79 Å². The third kappa shape index (κ3) is 3.11. The molecule has 0 saturated heterocycles. The van der Waals surface area contributed by atoms with Gasteiger partial charge >= 0.3 is 57.1 Å². The zero-order chi connectivity index (χ0) is 6.57. The predicted octanol–water partition coefficient (Wildman–Crippen LogP) is -1.06. The summed E-state index contributed by atoms with van der Waals surface area (Å²) in [4.78, 5) is 10.3. The van der Waals surface area contributed by atoms with Crippen molar-refractivity contribution in [3.63, 3.8) is 0 Å². The van der Waals surface area contributed by atoms with Gasteiger partial charge in [0.1, 0.15) is 0 Å². The number of hydrogen-bond acceptors (Lipinski definition) is 3. The van der Waals surface area contributed by atoms with Gasteiger partial charge in [0, 0.05) is 0 Å². The molecule has 0 aromatic carbocycles. The maximum atomic E-state index is 10.3. The molecule has 0 fully saturated rings. The predicted molar refractivity (Wildman–Crippen MR) is 32.6 cm³/mol. The van der Waals surface area contributed by atoms with Crippen molar-refractivity contribution in [3.8, 4) is 0 Å². The standard InChI is InChI=1S/C3H6NOSSe/c4-2(1-6)3(5)7/h2,6H,1,4H2/t2-/m0/s1/i/hD. The van der Waals surface area contributed by atoms with Crippen LogP contribution in [0.25, 0.3) is 0 Å². The van der Waals surface area contributed by atoms with Gasteiger partial charge in [-0.1, -0.05) is 0 Å². The Bertz CT molecular complexity index is 87.4.